The monoisotopic (exact) mass is 530 g/mol. The van der Waals surface area contributed by atoms with E-state index in [1.807, 2.05) is 0 Å². The molecule has 10 nitrogen and oxygen atoms in total. The molecule has 0 aliphatic carbocycles. The number of amides is 2. The summed E-state index contributed by atoms with van der Waals surface area (Å²) in [7, 11) is 1.74. The maximum atomic E-state index is 13.0. The van der Waals surface area contributed by atoms with Crippen molar-refractivity contribution in [2.45, 2.75) is 46.5 Å². The van der Waals surface area contributed by atoms with Crippen molar-refractivity contribution >= 4 is 39.1 Å². The van der Waals surface area contributed by atoms with Gasteiger partial charge in [-0.05, 0) is 36.7 Å². The molecule has 0 aliphatic heterocycles. The molecular weight excluding hydrogens is 509 g/mol. The van der Waals surface area contributed by atoms with Crippen molar-refractivity contribution in [1.29, 1.82) is 0 Å². The van der Waals surface area contributed by atoms with Crippen LogP contribution in [0.1, 0.15) is 40.9 Å². The molecule has 2 N–H and O–H groups in total. The Bertz CT molecular complexity index is 1190. The molecule has 3 aromatic rings. The summed E-state index contributed by atoms with van der Waals surface area (Å²) in [6.45, 7) is 5.36. The van der Waals surface area contributed by atoms with Crippen LogP contribution < -0.4 is 10.6 Å². The van der Waals surface area contributed by atoms with Gasteiger partial charge in [-0.2, -0.15) is 28.5 Å². The molecule has 178 valence electrons. The van der Waals surface area contributed by atoms with Gasteiger partial charge in [0, 0.05) is 20.0 Å². The summed E-state index contributed by atoms with van der Waals surface area (Å²) in [5, 5.41) is 17.1. The fraction of sp³-hybridized carbons (Fsp3) is 0.421. The maximum absolute atomic E-state index is 13.0. The molecule has 2 amide bonds. The highest BCUT2D eigenvalue weighted by atomic mass is 79.9. The number of halogens is 4. The van der Waals surface area contributed by atoms with E-state index in [-0.39, 0.29) is 34.5 Å². The molecule has 0 fully saturated rings. The van der Waals surface area contributed by atoms with Crippen molar-refractivity contribution in [3.8, 4) is 0 Å². The van der Waals surface area contributed by atoms with Gasteiger partial charge in [0.25, 0.3) is 5.91 Å². The van der Waals surface area contributed by atoms with Crippen molar-refractivity contribution in [2.24, 2.45) is 7.05 Å². The maximum Gasteiger partial charge on any atom is 0.436 e. The number of alkyl halides is 3. The summed E-state index contributed by atoms with van der Waals surface area (Å²) in [6.07, 6.45) is -1.91. The number of aryl methyl sites for hydroxylation is 3. The van der Waals surface area contributed by atoms with Gasteiger partial charge >= 0.3 is 6.18 Å². The van der Waals surface area contributed by atoms with E-state index in [4.69, 9.17) is 0 Å². The fourth-order valence-electron chi connectivity index (χ4n) is 3.10. The van der Waals surface area contributed by atoms with Gasteiger partial charge in [-0.15, -0.1) is 0 Å². The lowest BCUT2D eigenvalue weighted by Gasteiger charge is -2.10. The Balaban J connectivity index is 1.73. The summed E-state index contributed by atoms with van der Waals surface area (Å²) >= 11 is 2.90. The van der Waals surface area contributed by atoms with Gasteiger partial charge in [-0.25, -0.2) is 0 Å². The summed E-state index contributed by atoms with van der Waals surface area (Å²) in [5.41, 5.74) is 0.802. The van der Waals surface area contributed by atoms with Gasteiger partial charge < -0.3 is 10.6 Å². The van der Waals surface area contributed by atoms with Crippen LogP contribution in [0, 0.1) is 13.8 Å². The number of rotatable bonds is 7. The topological polar surface area (TPSA) is 112 Å². The molecule has 0 aliphatic rings. The molecule has 0 atom stereocenters. The van der Waals surface area contributed by atoms with Gasteiger partial charge in [0.15, 0.2) is 5.69 Å². The first-order valence-electron chi connectivity index (χ1n) is 9.89. The lowest BCUT2D eigenvalue weighted by Crippen LogP contribution is -2.22. The molecule has 0 saturated carbocycles. The molecule has 0 saturated heterocycles. The highest BCUT2D eigenvalue weighted by Crippen LogP contribution is 2.35. The van der Waals surface area contributed by atoms with Gasteiger partial charge in [0.05, 0.1) is 46.2 Å². The molecule has 14 heteroatoms. The van der Waals surface area contributed by atoms with Crippen molar-refractivity contribution in [3.63, 3.8) is 0 Å². The summed E-state index contributed by atoms with van der Waals surface area (Å²) in [5.74, 6) is -0.987. The van der Waals surface area contributed by atoms with Crippen LogP contribution in [0.5, 0.6) is 0 Å². The van der Waals surface area contributed by atoms with E-state index in [1.165, 1.54) is 24.0 Å². The molecule has 3 aromatic heterocycles. The quantitative estimate of drug-likeness (QED) is 0.485. The molecule has 33 heavy (non-hydrogen) atoms. The second-order valence-corrected chi connectivity index (χ2v) is 8.00. The number of nitrogens with zero attached hydrogens (tertiary/aromatic N) is 6. The Kier molecular flexibility index (Phi) is 6.95. The van der Waals surface area contributed by atoms with E-state index in [1.54, 1.807) is 25.6 Å². The van der Waals surface area contributed by atoms with Gasteiger partial charge in [-0.1, -0.05) is 0 Å². The highest BCUT2D eigenvalue weighted by Gasteiger charge is 2.38. The molecule has 3 heterocycles. The predicted octanol–water partition coefficient (Wildman–Crippen LogP) is 3.51. The van der Waals surface area contributed by atoms with Gasteiger partial charge in [0.1, 0.15) is 5.69 Å². The molecule has 3 rings (SSSR count). The number of nitrogens with one attached hydrogen (secondary N) is 2. The van der Waals surface area contributed by atoms with Crippen LogP contribution in [0.2, 0.25) is 0 Å². The van der Waals surface area contributed by atoms with E-state index in [0.717, 1.165) is 10.4 Å². The van der Waals surface area contributed by atoms with Crippen molar-refractivity contribution < 1.29 is 22.8 Å². The first kappa shape index (κ1) is 24.5. The minimum atomic E-state index is -4.61. The van der Waals surface area contributed by atoms with E-state index in [0.29, 0.717) is 12.2 Å². The third-order valence-corrected chi connectivity index (χ3v) is 6.01. The summed E-state index contributed by atoms with van der Waals surface area (Å²) in [6, 6.07) is 0. The van der Waals surface area contributed by atoms with Crippen LogP contribution >= 0.6 is 15.9 Å². The van der Waals surface area contributed by atoms with E-state index in [2.05, 4.69) is 41.9 Å². The SMILES string of the molecule is CCn1ncc(NC(=O)CCn2nc(C(F)(F)F)c(Br)c2C)c1C(=O)Nc1cnn(C)c1C. The van der Waals surface area contributed by atoms with Gasteiger partial charge in [-0.3, -0.25) is 23.6 Å². The Labute approximate surface area is 195 Å². The Hall–Kier alpha value is -3.16. The summed E-state index contributed by atoms with van der Waals surface area (Å²) in [4.78, 5) is 25.4. The number of carbonyl (C=O) groups excluding carboxylic acids is 2. The second kappa shape index (κ2) is 9.37. The van der Waals surface area contributed by atoms with E-state index < -0.39 is 23.7 Å². The van der Waals surface area contributed by atoms with Crippen molar-refractivity contribution in [3.05, 3.63) is 39.6 Å². The number of hydrogen-bond acceptors (Lipinski definition) is 5. The van der Waals surface area contributed by atoms with E-state index >= 15 is 0 Å². The minimum Gasteiger partial charge on any atom is -0.323 e. The molecule has 0 spiro atoms. The fourth-order valence-corrected chi connectivity index (χ4v) is 3.61. The molecule has 0 unspecified atom stereocenters. The van der Waals surface area contributed by atoms with Crippen molar-refractivity contribution in [1.82, 2.24) is 29.3 Å². The van der Waals surface area contributed by atoms with Crippen LogP contribution in [0.3, 0.4) is 0 Å². The van der Waals surface area contributed by atoms with Crippen LogP contribution in [0.15, 0.2) is 16.9 Å². The zero-order valence-electron chi connectivity index (χ0n) is 18.3. The number of carbonyl (C=O) groups is 2. The average Bonchev–Trinajstić information content (AvgIpc) is 3.38. The third kappa shape index (κ3) is 5.10. The standard InChI is InChI=1S/C19H22BrF3N8O2/c1-5-30-16(18(33)27-12-8-24-29(4)10(12)2)13(9-25-30)26-14(32)6-7-31-11(3)15(20)17(28-31)19(21,22)23/h8-9H,5-7H2,1-4H3,(H,26,32)(H,27,33). The van der Waals surface area contributed by atoms with Gasteiger partial charge in [0.2, 0.25) is 5.91 Å². The first-order chi connectivity index (χ1) is 15.4. The predicted molar refractivity (Wildman–Crippen MR) is 117 cm³/mol. The highest BCUT2D eigenvalue weighted by molar-refractivity contribution is 9.10. The van der Waals surface area contributed by atoms with Crippen molar-refractivity contribution in [2.75, 3.05) is 10.6 Å². The third-order valence-electron chi connectivity index (χ3n) is 5.06. The Morgan fingerprint density at radius 3 is 2.27 bits per heavy atom. The second-order valence-electron chi connectivity index (χ2n) is 7.21. The lowest BCUT2D eigenvalue weighted by atomic mass is 10.3. The minimum absolute atomic E-state index is 0.0787. The molecule has 0 aromatic carbocycles. The first-order valence-corrected chi connectivity index (χ1v) is 10.7. The van der Waals surface area contributed by atoms with Crippen LogP contribution in [0.4, 0.5) is 24.5 Å². The average molecular weight is 531 g/mol. The van der Waals surface area contributed by atoms with Crippen LogP contribution in [-0.2, 0) is 31.1 Å². The van der Waals surface area contributed by atoms with Crippen LogP contribution in [0.25, 0.3) is 0 Å². The zero-order valence-corrected chi connectivity index (χ0v) is 19.9. The Morgan fingerprint density at radius 1 is 1.06 bits per heavy atom. The molecular formula is C19H22BrF3N8O2. The lowest BCUT2D eigenvalue weighted by molar-refractivity contribution is -0.142. The number of anilines is 2. The summed E-state index contributed by atoms with van der Waals surface area (Å²) < 4.78 is 43.1. The number of hydrogen-bond donors (Lipinski definition) is 2. The van der Waals surface area contributed by atoms with Crippen LogP contribution in [-0.4, -0.2) is 41.2 Å². The zero-order chi connectivity index (χ0) is 24.5. The Morgan fingerprint density at radius 2 is 1.73 bits per heavy atom. The normalized spacial score (nSPS) is 11.6. The number of aromatic nitrogens is 6. The largest absolute Gasteiger partial charge is 0.436 e. The molecule has 0 radical (unpaired) electrons. The van der Waals surface area contributed by atoms with E-state index in [9.17, 15) is 22.8 Å². The molecule has 0 bridgehead atoms. The smallest absolute Gasteiger partial charge is 0.323 e.